The van der Waals surface area contributed by atoms with Gasteiger partial charge in [-0.1, -0.05) is 20.3 Å². The van der Waals surface area contributed by atoms with Gasteiger partial charge in [0.25, 0.3) is 11.6 Å². The Hall–Kier alpha value is -1.52. The summed E-state index contributed by atoms with van der Waals surface area (Å²) >= 11 is 0. The zero-order chi connectivity index (χ0) is 11.0. The van der Waals surface area contributed by atoms with Gasteiger partial charge in [0, 0.05) is 0 Å². The molecule has 0 aliphatic heterocycles. The van der Waals surface area contributed by atoms with E-state index >= 15 is 0 Å². The molecule has 0 unspecified atom stereocenters. The van der Waals surface area contributed by atoms with Crippen LogP contribution in [0.25, 0.3) is 0 Å². The van der Waals surface area contributed by atoms with E-state index in [0.29, 0.717) is 0 Å². The maximum atomic E-state index is 10.8. The molecule has 1 rings (SSSR count). The summed E-state index contributed by atoms with van der Waals surface area (Å²) < 4.78 is 9.42. The Morgan fingerprint density at radius 3 is 2.36 bits per heavy atom. The maximum absolute atomic E-state index is 10.8. The topological polar surface area (TPSA) is 64.2 Å². The number of aromatic nitrogens is 2. The van der Waals surface area contributed by atoms with Gasteiger partial charge >= 0.3 is 0 Å². The predicted molar refractivity (Wildman–Crippen MR) is 53.9 cm³/mol. The standard InChI is InChI=1S/C6H8N2O3.C3H8/c1-10-5-3-4(9)7-6(8-5)11-2;1-3-2/h3H,1-2H3,(H,7,8,9);3H2,1-2H3. The summed E-state index contributed by atoms with van der Waals surface area (Å²) in [5.41, 5.74) is -0.297. The normalized spacial score (nSPS) is 8.57. The molecule has 1 heterocycles. The van der Waals surface area contributed by atoms with Crippen LogP contribution in [0.1, 0.15) is 20.3 Å². The van der Waals surface area contributed by atoms with Crippen molar-refractivity contribution in [3.05, 3.63) is 16.4 Å². The summed E-state index contributed by atoms with van der Waals surface area (Å²) in [5, 5.41) is 0. The number of nitrogens with zero attached hydrogens (tertiary/aromatic N) is 1. The SMILES string of the molecule is CCC.COc1cc(=O)[nH]c(OC)n1. The molecule has 0 aromatic carbocycles. The lowest BCUT2D eigenvalue weighted by atomic mass is 10.6. The van der Waals surface area contributed by atoms with Gasteiger partial charge in [0.05, 0.1) is 20.3 Å². The molecule has 0 spiro atoms. The van der Waals surface area contributed by atoms with Crippen molar-refractivity contribution in [2.75, 3.05) is 14.2 Å². The van der Waals surface area contributed by atoms with Crippen molar-refractivity contribution >= 4 is 0 Å². The molecule has 0 aliphatic rings. The van der Waals surface area contributed by atoms with Crippen molar-refractivity contribution < 1.29 is 9.47 Å². The molecule has 5 heteroatoms. The van der Waals surface area contributed by atoms with E-state index in [-0.39, 0.29) is 17.4 Å². The lowest BCUT2D eigenvalue weighted by Gasteiger charge is -1.99. The fourth-order valence-electron chi connectivity index (χ4n) is 0.615. The highest BCUT2D eigenvalue weighted by atomic mass is 16.5. The second kappa shape index (κ2) is 6.94. The minimum absolute atomic E-state index is 0.148. The predicted octanol–water partition coefficient (Wildman–Crippen LogP) is 1.20. The summed E-state index contributed by atoms with van der Waals surface area (Å²) in [4.78, 5) is 16.9. The third kappa shape index (κ3) is 4.49. The van der Waals surface area contributed by atoms with Gasteiger partial charge in [0.1, 0.15) is 0 Å². The Kier molecular flexibility index (Phi) is 6.19. The number of H-pyrrole nitrogens is 1. The van der Waals surface area contributed by atoms with E-state index in [4.69, 9.17) is 9.47 Å². The van der Waals surface area contributed by atoms with Crippen molar-refractivity contribution in [2.24, 2.45) is 0 Å². The first-order valence-electron chi connectivity index (χ1n) is 4.37. The molecule has 0 aliphatic carbocycles. The smallest absolute Gasteiger partial charge is 0.299 e. The summed E-state index contributed by atoms with van der Waals surface area (Å²) in [5.74, 6) is 0.241. The Bertz CT molecular complexity index is 284. The monoisotopic (exact) mass is 200 g/mol. The van der Waals surface area contributed by atoms with Gasteiger partial charge in [-0.25, -0.2) is 0 Å². The number of nitrogens with one attached hydrogen (secondary N) is 1. The van der Waals surface area contributed by atoms with Gasteiger partial charge in [0.15, 0.2) is 0 Å². The minimum atomic E-state index is -0.297. The van der Waals surface area contributed by atoms with Crippen LogP contribution in [0.3, 0.4) is 0 Å². The summed E-state index contributed by atoms with van der Waals surface area (Å²) in [7, 11) is 2.85. The highest BCUT2D eigenvalue weighted by Crippen LogP contribution is 2.04. The van der Waals surface area contributed by atoms with Crippen LogP contribution in [0.5, 0.6) is 11.9 Å². The molecule has 0 bridgehead atoms. The molecule has 0 atom stereocenters. The van der Waals surface area contributed by atoms with Gasteiger partial charge in [-0.15, -0.1) is 0 Å². The van der Waals surface area contributed by atoms with Crippen LogP contribution in [-0.4, -0.2) is 24.2 Å². The fourth-order valence-corrected chi connectivity index (χ4v) is 0.615. The average Bonchev–Trinajstić information content (AvgIpc) is 2.18. The molecule has 0 radical (unpaired) electrons. The van der Waals surface area contributed by atoms with E-state index in [1.165, 1.54) is 26.7 Å². The van der Waals surface area contributed by atoms with Crippen molar-refractivity contribution in [3.63, 3.8) is 0 Å². The van der Waals surface area contributed by atoms with E-state index in [2.05, 4.69) is 23.8 Å². The first kappa shape index (κ1) is 12.5. The second-order valence-electron chi connectivity index (χ2n) is 2.50. The number of ether oxygens (including phenoxy) is 2. The second-order valence-corrected chi connectivity index (χ2v) is 2.50. The van der Waals surface area contributed by atoms with E-state index in [0.717, 1.165) is 0 Å². The van der Waals surface area contributed by atoms with Crippen LogP contribution >= 0.6 is 0 Å². The summed E-state index contributed by atoms with van der Waals surface area (Å²) in [6.45, 7) is 4.25. The quantitative estimate of drug-likeness (QED) is 0.779. The lowest BCUT2D eigenvalue weighted by Crippen LogP contribution is -2.08. The zero-order valence-electron chi connectivity index (χ0n) is 8.96. The van der Waals surface area contributed by atoms with Crippen molar-refractivity contribution in [1.82, 2.24) is 9.97 Å². The van der Waals surface area contributed by atoms with E-state index in [1.54, 1.807) is 0 Å². The number of rotatable bonds is 2. The van der Waals surface area contributed by atoms with E-state index in [1.807, 2.05) is 0 Å². The van der Waals surface area contributed by atoms with Gasteiger partial charge in [0.2, 0.25) is 5.88 Å². The Balaban J connectivity index is 0.000000500. The summed E-state index contributed by atoms with van der Waals surface area (Å²) in [6, 6.07) is 1.39. The van der Waals surface area contributed by atoms with E-state index < -0.39 is 0 Å². The van der Waals surface area contributed by atoms with E-state index in [9.17, 15) is 4.79 Å². The molecular weight excluding hydrogens is 184 g/mol. The number of hydrogen-bond acceptors (Lipinski definition) is 4. The number of aromatic amines is 1. The minimum Gasteiger partial charge on any atom is -0.481 e. The largest absolute Gasteiger partial charge is 0.481 e. The molecule has 14 heavy (non-hydrogen) atoms. The van der Waals surface area contributed by atoms with Crippen LogP contribution in [-0.2, 0) is 0 Å². The number of methoxy groups -OCH3 is 2. The molecule has 5 nitrogen and oxygen atoms in total. The van der Waals surface area contributed by atoms with Crippen LogP contribution in [0.15, 0.2) is 10.9 Å². The van der Waals surface area contributed by atoms with Crippen LogP contribution in [0.4, 0.5) is 0 Å². The molecule has 80 valence electrons. The van der Waals surface area contributed by atoms with Crippen LogP contribution in [0, 0.1) is 0 Å². The lowest BCUT2D eigenvalue weighted by molar-refractivity contribution is 0.350. The Morgan fingerprint density at radius 1 is 1.36 bits per heavy atom. The average molecular weight is 200 g/mol. The molecule has 0 saturated heterocycles. The van der Waals surface area contributed by atoms with Gasteiger partial charge in [-0.05, 0) is 0 Å². The highest BCUT2D eigenvalue weighted by molar-refractivity contribution is 5.10. The molecule has 0 amide bonds. The molecule has 1 aromatic heterocycles. The zero-order valence-corrected chi connectivity index (χ0v) is 8.96. The third-order valence-electron chi connectivity index (χ3n) is 1.10. The van der Waals surface area contributed by atoms with Crippen molar-refractivity contribution in [1.29, 1.82) is 0 Å². The first-order chi connectivity index (χ1) is 6.67. The van der Waals surface area contributed by atoms with Gasteiger partial charge in [-0.3, -0.25) is 9.78 Å². The Morgan fingerprint density at radius 2 is 1.93 bits per heavy atom. The van der Waals surface area contributed by atoms with Gasteiger partial charge in [-0.2, -0.15) is 4.98 Å². The van der Waals surface area contributed by atoms with Crippen LogP contribution in [0.2, 0.25) is 0 Å². The van der Waals surface area contributed by atoms with Crippen molar-refractivity contribution in [2.45, 2.75) is 20.3 Å². The summed E-state index contributed by atoms with van der Waals surface area (Å²) in [6.07, 6.45) is 1.25. The highest BCUT2D eigenvalue weighted by Gasteiger charge is 1.98. The molecule has 0 fully saturated rings. The first-order valence-corrected chi connectivity index (χ1v) is 4.37. The van der Waals surface area contributed by atoms with Crippen molar-refractivity contribution in [3.8, 4) is 11.9 Å². The maximum Gasteiger partial charge on any atom is 0.299 e. The fraction of sp³-hybridized carbons (Fsp3) is 0.556. The Labute approximate surface area is 83.1 Å². The van der Waals surface area contributed by atoms with Crippen LogP contribution < -0.4 is 15.0 Å². The number of hydrogen-bond donors (Lipinski definition) is 1. The molecule has 1 N–H and O–H groups in total. The van der Waals surface area contributed by atoms with Gasteiger partial charge < -0.3 is 9.47 Å². The third-order valence-corrected chi connectivity index (χ3v) is 1.10. The molecular formula is C9H16N2O3. The molecule has 1 aromatic rings. The molecule has 0 saturated carbocycles.